The predicted molar refractivity (Wildman–Crippen MR) is 57.0 cm³/mol. The number of alkyl halides is 3. The highest BCUT2D eigenvalue weighted by Crippen LogP contribution is 2.23. The van der Waals surface area contributed by atoms with Crippen molar-refractivity contribution >= 4 is 6.08 Å². The largest absolute Gasteiger partial charge is 0.573 e. The van der Waals surface area contributed by atoms with Crippen molar-refractivity contribution < 1.29 is 17.9 Å². The molecule has 0 saturated carbocycles. The zero-order valence-electron chi connectivity index (χ0n) is 9.08. The van der Waals surface area contributed by atoms with E-state index < -0.39 is 6.36 Å². The second kappa shape index (κ2) is 5.05. The molecule has 0 N–H and O–H groups in total. The van der Waals surface area contributed by atoms with Gasteiger partial charge in [0.25, 0.3) is 0 Å². The van der Waals surface area contributed by atoms with Crippen LogP contribution in [0.2, 0.25) is 0 Å². The molecule has 0 aliphatic rings. The fourth-order valence-corrected chi connectivity index (χ4v) is 1.12. The van der Waals surface area contributed by atoms with Crippen LogP contribution >= 0.6 is 0 Å². The molecule has 1 aromatic rings. The minimum atomic E-state index is -4.64. The summed E-state index contributed by atoms with van der Waals surface area (Å²) in [5, 5.41) is 0. The maximum atomic E-state index is 11.9. The second-order valence-corrected chi connectivity index (χ2v) is 3.72. The summed E-state index contributed by atoms with van der Waals surface area (Å²) in [4.78, 5) is 0. The van der Waals surface area contributed by atoms with Gasteiger partial charge < -0.3 is 4.74 Å². The quantitative estimate of drug-likeness (QED) is 0.754. The molecule has 0 aromatic heterocycles. The molecule has 0 atom stereocenters. The lowest BCUT2D eigenvalue weighted by molar-refractivity contribution is -0.274. The highest BCUT2D eigenvalue weighted by molar-refractivity contribution is 5.51. The summed E-state index contributed by atoms with van der Waals surface area (Å²) in [6, 6.07) is 5.88. The lowest BCUT2D eigenvalue weighted by Crippen LogP contribution is -2.17. The van der Waals surface area contributed by atoms with Gasteiger partial charge in [0, 0.05) is 0 Å². The first-order chi connectivity index (χ1) is 7.37. The molecule has 0 heterocycles. The first-order valence-corrected chi connectivity index (χ1v) is 4.91. The van der Waals surface area contributed by atoms with Crippen molar-refractivity contribution in [2.75, 3.05) is 0 Å². The first kappa shape index (κ1) is 12.6. The van der Waals surface area contributed by atoms with Crippen LogP contribution in [0.3, 0.4) is 0 Å². The van der Waals surface area contributed by atoms with Crippen molar-refractivity contribution in [3.05, 3.63) is 35.9 Å². The van der Waals surface area contributed by atoms with E-state index in [0.717, 1.165) is 0 Å². The summed E-state index contributed by atoms with van der Waals surface area (Å²) in [5.74, 6) is 0.158. The highest BCUT2D eigenvalue weighted by atomic mass is 19.4. The Labute approximate surface area is 92.5 Å². The molecule has 0 amide bonds. The maximum Gasteiger partial charge on any atom is 0.573 e. The molecule has 0 saturated heterocycles. The van der Waals surface area contributed by atoms with Crippen LogP contribution in [-0.2, 0) is 0 Å². The van der Waals surface area contributed by atoms with E-state index in [4.69, 9.17) is 0 Å². The smallest absolute Gasteiger partial charge is 0.406 e. The van der Waals surface area contributed by atoms with E-state index in [1.54, 1.807) is 12.1 Å². The zero-order chi connectivity index (χ0) is 12.2. The van der Waals surface area contributed by atoms with Gasteiger partial charge in [0.15, 0.2) is 0 Å². The molecule has 0 unspecified atom stereocenters. The van der Waals surface area contributed by atoms with Crippen LogP contribution in [0.15, 0.2) is 30.3 Å². The van der Waals surface area contributed by atoms with Crippen molar-refractivity contribution in [1.82, 2.24) is 0 Å². The average Bonchev–Trinajstić information content (AvgIpc) is 2.12. The Hall–Kier alpha value is -1.45. The zero-order valence-corrected chi connectivity index (χ0v) is 9.08. The van der Waals surface area contributed by atoms with Gasteiger partial charge in [-0.3, -0.25) is 0 Å². The van der Waals surface area contributed by atoms with E-state index in [-0.39, 0.29) is 5.75 Å². The molecule has 1 rings (SSSR count). The Morgan fingerprint density at radius 1 is 1.25 bits per heavy atom. The SMILES string of the molecule is CC(C)/C=C/c1cccc(OC(F)(F)F)c1. The third-order valence-electron chi connectivity index (χ3n) is 1.77. The Kier molecular flexibility index (Phi) is 3.99. The van der Waals surface area contributed by atoms with Crippen LogP contribution in [0.5, 0.6) is 5.75 Å². The van der Waals surface area contributed by atoms with Crippen molar-refractivity contribution in [1.29, 1.82) is 0 Å². The molecule has 16 heavy (non-hydrogen) atoms. The Morgan fingerprint density at radius 2 is 1.94 bits per heavy atom. The number of benzene rings is 1. The number of ether oxygens (including phenoxy) is 1. The van der Waals surface area contributed by atoms with Crippen LogP contribution < -0.4 is 4.74 Å². The van der Waals surface area contributed by atoms with Crippen LogP contribution in [0.4, 0.5) is 13.2 Å². The first-order valence-electron chi connectivity index (χ1n) is 4.91. The summed E-state index contributed by atoms with van der Waals surface area (Å²) >= 11 is 0. The molecule has 0 bridgehead atoms. The molecule has 88 valence electrons. The molecule has 1 aromatic carbocycles. The van der Waals surface area contributed by atoms with E-state index >= 15 is 0 Å². The molecular formula is C12H13F3O. The summed E-state index contributed by atoms with van der Waals surface area (Å²) < 4.78 is 39.7. The maximum absolute atomic E-state index is 11.9. The summed E-state index contributed by atoms with van der Waals surface area (Å²) in [5.41, 5.74) is 0.690. The van der Waals surface area contributed by atoms with Gasteiger partial charge in [-0.15, -0.1) is 13.2 Å². The second-order valence-electron chi connectivity index (χ2n) is 3.72. The summed E-state index contributed by atoms with van der Waals surface area (Å²) in [6.45, 7) is 3.99. The van der Waals surface area contributed by atoms with E-state index in [1.807, 2.05) is 19.9 Å². The van der Waals surface area contributed by atoms with Gasteiger partial charge in [0.1, 0.15) is 5.75 Å². The molecule has 0 spiro atoms. The molecule has 0 aliphatic carbocycles. The number of rotatable bonds is 3. The van der Waals surface area contributed by atoms with Crippen molar-refractivity contribution in [3.8, 4) is 5.75 Å². The molecular weight excluding hydrogens is 217 g/mol. The highest BCUT2D eigenvalue weighted by Gasteiger charge is 2.30. The number of hydrogen-bond donors (Lipinski definition) is 0. The average molecular weight is 230 g/mol. The van der Waals surface area contributed by atoms with E-state index in [1.165, 1.54) is 18.2 Å². The van der Waals surface area contributed by atoms with Gasteiger partial charge in [0.05, 0.1) is 0 Å². The lowest BCUT2D eigenvalue weighted by Gasteiger charge is -2.08. The molecule has 0 fully saturated rings. The standard InChI is InChI=1S/C12H13F3O/c1-9(2)6-7-10-4-3-5-11(8-10)16-12(13,14)15/h3-9H,1-2H3/b7-6+. The fraction of sp³-hybridized carbons (Fsp3) is 0.333. The van der Waals surface area contributed by atoms with E-state index in [2.05, 4.69) is 4.74 Å². The van der Waals surface area contributed by atoms with Crippen LogP contribution in [0.25, 0.3) is 6.08 Å². The Bertz CT molecular complexity index is 367. The minimum Gasteiger partial charge on any atom is -0.406 e. The van der Waals surface area contributed by atoms with Crippen LogP contribution in [0, 0.1) is 5.92 Å². The van der Waals surface area contributed by atoms with Crippen LogP contribution in [0.1, 0.15) is 19.4 Å². The van der Waals surface area contributed by atoms with E-state index in [9.17, 15) is 13.2 Å². The number of halogens is 3. The Morgan fingerprint density at radius 3 is 2.50 bits per heavy atom. The monoisotopic (exact) mass is 230 g/mol. The molecule has 0 aliphatic heterocycles. The molecule has 4 heteroatoms. The van der Waals surface area contributed by atoms with Gasteiger partial charge in [-0.1, -0.05) is 38.1 Å². The normalized spacial score (nSPS) is 12.4. The number of hydrogen-bond acceptors (Lipinski definition) is 1. The topological polar surface area (TPSA) is 9.23 Å². The fourth-order valence-electron chi connectivity index (χ4n) is 1.12. The summed E-state index contributed by atoms with van der Waals surface area (Å²) in [7, 11) is 0. The molecule has 0 radical (unpaired) electrons. The van der Waals surface area contributed by atoms with Gasteiger partial charge in [-0.25, -0.2) is 0 Å². The minimum absolute atomic E-state index is 0.196. The van der Waals surface area contributed by atoms with Gasteiger partial charge in [-0.05, 0) is 23.6 Å². The van der Waals surface area contributed by atoms with Crippen molar-refractivity contribution in [2.45, 2.75) is 20.2 Å². The van der Waals surface area contributed by atoms with Gasteiger partial charge >= 0.3 is 6.36 Å². The lowest BCUT2D eigenvalue weighted by atomic mass is 10.1. The third kappa shape index (κ3) is 4.87. The van der Waals surface area contributed by atoms with Gasteiger partial charge in [0.2, 0.25) is 0 Å². The third-order valence-corrected chi connectivity index (χ3v) is 1.77. The van der Waals surface area contributed by atoms with E-state index in [0.29, 0.717) is 11.5 Å². The predicted octanol–water partition coefficient (Wildman–Crippen LogP) is 4.25. The van der Waals surface area contributed by atoms with Crippen molar-refractivity contribution in [3.63, 3.8) is 0 Å². The van der Waals surface area contributed by atoms with Crippen molar-refractivity contribution in [2.24, 2.45) is 5.92 Å². The summed E-state index contributed by atoms with van der Waals surface area (Å²) in [6.07, 6.45) is -0.957. The van der Waals surface area contributed by atoms with Gasteiger partial charge in [-0.2, -0.15) is 0 Å². The van der Waals surface area contributed by atoms with Crippen LogP contribution in [-0.4, -0.2) is 6.36 Å². The number of allylic oxidation sites excluding steroid dienone is 1. The Balaban J connectivity index is 2.79. The molecule has 1 nitrogen and oxygen atoms in total.